The normalized spacial score (nSPS) is 15.1. The van der Waals surface area contributed by atoms with Crippen LogP contribution in [-0.4, -0.2) is 57.1 Å². The van der Waals surface area contributed by atoms with Crippen molar-refractivity contribution >= 4 is 57.2 Å². The van der Waals surface area contributed by atoms with E-state index in [1.807, 2.05) is 6.07 Å². The Hall–Kier alpha value is -1.51. The zero-order valence-corrected chi connectivity index (χ0v) is 21.2. The van der Waals surface area contributed by atoms with Crippen LogP contribution in [0, 0.1) is 0 Å². The predicted molar refractivity (Wildman–Crippen MR) is 134 cm³/mol. The number of likely N-dealkylation sites (N-methyl/N-ethyl adjacent to an activating group) is 1. The summed E-state index contributed by atoms with van der Waals surface area (Å²) in [5, 5.41) is 0.871. The van der Waals surface area contributed by atoms with Crippen LogP contribution in [0.25, 0.3) is 0 Å². The van der Waals surface area contributed by atoms with E-state index in [4.69, 9.17) is 23.2 Å². The van der Waals surface area contributed by atoms with Crippen LogP contribution in [-0.2, 0) is 21.2 Å². The molecule has 1 unspecified atom stereocenters. The van der Waals surface area contributed by atoms with Crippen molar-refractivity contribution in [2.24, 2.45) is 0 Å². The fourth-order valence-corrected chi connectivity index (χ4v) is 4.68. The number of nitrogens with one attached hydrogen (secondary N) is 1. The van der Waals surface area contributed by atoms with Gasteiger partial charge in [0.05, 0.1) is 28.8 Å². The van der Waals surface area contributed by atoms with Crippen LogP contribution in [0.4, 0.5) is 5.69 Å². The van der Waals surface area contributed by atoms with Crippen LogP contribution in [0.15, 0.2) is 42.5 Å². The molecule has 2 aromatic rings. The molecule has 6 nitrogen and oxygen atoms in total. The Balaban J connectivity index is 0.00000363. The summed E-state index contributed by atoms with van der Waals surface area (Å²) >= 11 is 12.1. The lowest BCUT2D eigenvalue weighted by Gasteiger charge is -2.32. The molecule has 0 bridgehead atoms. The summed E-state index contributed by atoms with van der Waals surface area (Å²) < 4.78 is 25.8. The van der Waals surface area contributed by atoms with E-state index >= 15 is 0 Å². The standard InChI is InChI=1S/C22H27Cl2N3O3S.ClH/c1-26(22(28)13-16-8-9-19(23)20(24)12-16)21(15-27-10-3-4-11-27)17-6-5-7-18(14-17)25-31(2,29)30;/h5-9,12,14,21,25H,3-4,10-11,13,15H2,1-2H3;1H. The molecule has 176 valence electrons. The molecule has 0 spiro atoms. The number of amides is 1. The zero-order valence-electron chi connectivity index (χ0n) is 18.1. The Morgan fingerprint density at radius 2 is 1.81 bits per heavy atom. The second-order valence-corrected chi connectivity index (χ2v) is 10.5. The van der Waals surface area contributed by atoms with E-state index in [2.05, 4.69) is 9.62 Å². The third-order valence-electron chi connectivity index (χ3n) is 5.40. The lowest BCUT2D eigenvalue weighted by Crippen LogP contribution is -2.39. The average Bonchev–Trinajstić information content (AvgIpc) is 3.20. The maximum absolute atomic E-state index is 13.1. The number of benzene rings is 2. The maximum atomic E-state index is 13.1. The van der Waals surface area contributed by atoms with Crippen LogP contribution in [0.2, 0.25) is 10.0 Å². The minimum Gasteiger partial charge on any atom is -0.337 e. The second kappa shape index (κ2) is 11.6. The second-order valence-electron chi connectivity index (χ2n) is 7.95. The summed E-state index contributed by atoms with van der Waals surface area (Å²) in [4.78, 5) is 17.2. The van der Waals surface area contributed by atoms with Gasteiger partial charge in [0, 0.05) is 19.3 Å². The summed E-state index contributed by atoms with van der Waals surface area (Å²) in [5.41, 5.74) is 2.15. The van der Waals surface area contributed by atoms with Crippen LogP contribution in [0.5, 0.6) is 0 Å². The van der Waals surface area contributed by atoms with Gasteiger partial charge in [0.1, 0.15) is 0 Å². The molecule has 0 saturated carbocycles. The number of hydrogen-bond acceptors (Lipinski definition) is 4. The SMILES string of the molecule is CN(C(=O)Cc1ccc(Cl)c(Cl)c1)C(CN1CCCC1)c1cccc(NS(C)(=O)=O)c1.Cl. The van der Waals surface area contributed by atoms with Crippen molar-refractivity contribution in [2.45, 2.75) is 25.3 Å². The molecule has 0 aromatic heterocycles. The van der Waals surface area contributed by atoms with Gasteiger partial charge in [0.25, 0.3) is 0 Å². The Kier molecular flexibility index (Phi) is 9.67. The summed E-state index contributed by atoms with van der Waals surface area (Å²) in [6.45, 7) is 2.67. The lowest BCUT2D eigenvalue weighted by atomic mass is 10.0. The molecule has 1 heterocycles. The first-order chi connectivity index (χ1) is 14.6. The highest BCUT2D eigenvalue weighted by atomic mass is 35.5. The van der Waals surface area contributed by atoms with Crippen molar-refractivity contribution in [1.82, 2.24) is 9.80 Å². The van der Waals surface area contributed by atoms with Crippen molar-refractivity contribution in [3.63, 3.8) is 0 Å². The van der Waals surface area contributed by atoms with Gasteiger partial charge >= 0.3 is 0 Å². The van der Waals surface area contributed by atoms with Gasteiger partial charge in [-0.2, -0.15) is 0 Å². The number of nitrogens with zero attached hydrogens (tertiary/aromatic N) is 2. The third-order valence-corrected chi connectivity index (χ3v) is 6.75. The number of likely N-dealkylation sites (tertiary alicyclic amines) is 1. The highest BCUT2D eigenvalue weighted by molar-refractivity contribution is 7.92. The van der Waals surface area contributed by atoms with Gasteiger partial charge < -0.3 is 9.80 Å². The van der Waals surface area contributed by atoms with Gasteiger partial charge in [-0.05, 0) is 61.3 Å². The summed E-state index contributed by atoms with van der Waals surface area (Å²) in [6, 6.07) is 12.2. The highest BCUT2D eigenvalue weighted by Crippen LogP contribution is 2.27. The molecule has 1 fully saturated rings. The minimum atomic E-state index is -3.39. The quantitative estimate of drug-likeness (QED) is 0.551. The molecular formula is C22H28Cl3N3O3S. The monoisotopic (exact) mass is 519 g/mol. The average molecular weight is 521 g/mol. The molecule has 10 heteroatoms. The molecule has 1 aliphatic heterocycles. The van der Waals surface area contributed by atoms with E-state index in [9.17, 15) is 13.2 Å². The van der Waals surface area contributed by atoms with Gasteiger partial charge in [-0.3, -0.25) is 9.52 Å². The van der Waals surface area contributed by atoms with Crippen LogP contribution in [0.3, 0.4) is 0 Å². The smallest absolute Gasteiger partial charge is 0.229 e. The number of hydrogen-bond donors (Lipinski definition) is 1. The summed E-state index contributed by atoms with van der Waals surface area (Å²) in [5.74, 6) is -0.0518. The fourth-order valence-electron chi connectivity index (χ4n) is 3.81. The van der Waals surface area contributed by atoms with Gasteiger partial charge in [0.2, 0.25) is 15.9 Å². The molecule has 0 aliphatic carbocycles. The highest BCUT2D eigenvalue weighted by Gasteiger charge is 2.26. The van der Waals surface area contributed by atoms with Crippen LogP contribution in [0.1, 0.15) is 30.0 Å². The minimum absolute atomic E-state index is 0. The van der Waals surface area contributed by atoms with Gasteiger partial charge in [-0.15, -0.1) is 12.4 Å². The van der Waals surface area contributed by atoms with E-state index in [-0.39, 0.29) is 30.8 Å². The third kappa shape index (κ3) is 7.52. The molecule has 1 atom stereocenters. The van der Waals surface area contributed by atoms with Crippen LogP contribution >= 0.6 is 35.6 Å². The molecule has 2 aromatic carbocycles. The molecule has 3 rings (SSSR count). The number of sulfonamides is 1. The van der Waals surface area contributed by atoms with E-state index in [1.165, 1.54) is 0 Å². The number of carbonyl (C=O) groups is 1. The van der Waals surface area contributed by atoms with Crippen molar-refractivity contribution in [2.75, 3.05) is 37.7 Å². The van der Waals surface area contributed by atoms with Gasteiger partial charge in [-0.25, -0.2) is 8.42 Å². The number of anilines is 1. The Labute approximate surface area is 206 Å². The Morgan fingerprint density at radius 1 is 1.12 bits per heavy atom. The number of halogens is 3. The van der Waals surface area contributed by atoms with Gasteiger partial charge in [-0.1, -0.05) is 41.4 Å². The fraction of sp³-hybridized carbons (Fsp3) is 0.409. The largest absolute Gasteiger partial charge is 0.337 e. The topological polar surface area (TPSA) is 69.7 Å². The number of carbonyl (C=O) groups excluding carboxylic acids is 1. The van der Waals surface area contributed by atoms with Crippen molar-refractivity contribution < 1.29 is 13.2 Å². The van der Waals surface area contributed by atoms with Crippen LogP contribution < -0.4 is 4.72 Å². The Morgan fingerprint density at radius 3 is 2.44 bits per heavy atom. The molecular weight excluding hydrogens is 493 g/mol. The van der Waals surface area contributed by atoms with Gasteiger partial charge in [0.15, 0.2) is 0 Å². The number of rotatable bonds is 8. The first kappa shape index (κ1) is 26.7. The summed E-state index contributed by atoms with van der Waals surface area (Å²) in [6.07, 6.45) is 3.60. The van der Waals surface area contributed by atoms with Crippen molar-refractivity contribution in [3.8, 4) is 0 Å². The zero-order chi connectivity index (χ0) is 22.6. The summed E-state index contributed by atoms with van der Waals surface area (Å²) in [7, 11) is -1.60. The molecule has 0 radical (unpaired) electrons. The molecule has 1 saturated heterocycles. The molecule has 1 aliphatic rings. The maximum Gasteiger partial charge on any atom is 0.229 e. The van der Waals surface area contributed by atoms with E-state index in [0.717, 1.165) is 43.3 Å². The van der Waals surface area contributed by atoms with E-state index < -0.39 is 10.0 Å². The first-order valence-corrected chi connectivity index (χ1v) is 12.8. The molecule has 1 N–H and O–H groups in total. The van der Waals surface area contributed by atoms with Crippen molar-refractivity contribution in [1.29, 1.82) is 0 Å². The van der Waals surface area contributed by atoms with E-state index in [1.54, 1.807) is 48.3 Å². The first-order valence-electron chi connectivity index (χ1n) is 10.1. The predicted octanol–water partition coefficient (Wildman–Crippen LogP) is 4.62. The Bertz CT molecular complexity index is 1040. The molecule has 1 amide bonds. The lowest BCUT2D eigenvalue weighted by molar-refractivity contribution is -0.131. The molecule has 32 heavy (non-hydrogen) atoms. The van der Waals surface area contributed by atoms with Crippen molar-refractivity contribution in [3.05, 3.63) is 63.6 Å². The van der Waals surface area contributed by atoms with E-state index in [0.29, 0.717) is 22.3 Å².